The minimum absolute atomic E-state index is 0.317. The lowest BCUT2D eigenvalue weighted by atomic mass is 10.2. The van der Waals surface area contributed by atoms with Gasteiger partial charge in [-0.2, -0.15) is 4.98 Å². The van der Waals surface area contributed by atoms with E-state index < -0.39 is 0 Å². The van der Waals surface area contributed by atoms with Crippen LogP contribution in [0.25, 0.3) is 11.4 Å². The molecule has 2 aromatic rings. The summed E-state index contributed by atoms with van der Waals surface area (Å²) in [4.78, 5) is 6.92. The maximum Gasteiger partial charge on any atom is 0.227 e. The van der Waals surface area contributed by atoms with Gasteiger partial charge in [0.2, 0.25) is 11.7 Å². The number of aromatic nitrogens is 2. The van der Waals surface area contributed by atoms with Crippen molar-refractivity contribution in [1.29, 1.82) is 0 Å². The summed E-state index contributed by atoms with van der Waals surface area (Å²) in [6.07, 6.45) is 2.48. The van der Waals surface area contributed by atoms with Crippen LogP contribution < -0.4 is 0 Å². The number of rotatable bonds is 5. The lowest BCUT2D eigenvalue weighted by Crippen LogP contribution is -2.45. The van der Waals surface area contributed by atoms with E-state index in [-0.39, 0.29) is 0 Å². The molecule has 5 heteroatoms. The van der Waals surface area contributed by atoms with Crippen LogP contribution in [0.4, 0.5) is 0 Å². The molecule has 1 aromatic heterocycles. The molecule has 1 saturated heterocycles. The Balaban J connectivity index is 1.49. The second kappa shape index (κ2) is 7.03. The molecule has 0 aliphatic carbocycles. The highest BCUT2D eigenvalue weighted by Crippen LogP contribution is 2.16. The smallest absolute Gasteiger partial charge is 0.227 e. The lowest BCUT2D eigenvalue weighted by Gasteiger charge is -2.35. The van der Waals surface area contributed by atoms with Gasteiger partial charge in [-0.15, -0.1) is 0 Å². The topological polar surface area (TPSA) is 51.4 Å². The van der Waals surface area contributed by atoms with Gasteiger partial charge in [0, 0.05) is 25.1 Å². The molecular weight excluding hydrogens is 278 g/mol. The fourth-order valence-electron chi connectivity index (χ4n) is 2.98. The van der Waals surface area contributed by atoms with E-state index in [2.05, 4.69) is 28.9 Å². The minimum atomic E-state index is 0.317. The summed E-state index contributed by atoms with van der Waals surface area (Å²) in [6, 6.07) is 9.92. The summed E-state index contributed by atoms with van der Waals surface area (Å²) in [7, 11) is 0. The summed E-state index contributed by atoms with van der Waals surface area (Å²) in [5.41, 5.74) is 0.994. The van der Waals surface area contributed by atoms with Gasteiger partial charge in [0.15, 0.2) is 0 Å². The summed E-state index contributed by atoms with van der Waals surface area (Å²) >= 11 is 0. The number of morpholine rings is 1. The standard InChI is InChI=1S/C17H23N3O2/c1-13-11-20(12-14(2)21-13)10-6-9-16-18-17(19-22-16)15-7-4-3-5-8-15/h3-5,7-8,13-14H,6,9-12H2,1-2H3. The van der Waals surface area contributed by atoms with Crippen LogP contribution in [0.3, 0.4) is 0 Å². The zero-order valence-electron chi connectivity index (χ0n) is 13.2. The highest BCUT2D eigenvalue weighted by Gasteiger charge is 2.21. The second-order valence-electron chi connectivity index (χ2n) is 6.00. The van der Waals surface area contributed by atoms with Gasteiger partial charge >= 0.3 is 0 Å². The van der Waals surface area contributed by atoms with Crippen LogP contribution in [0.15, 0.2) is 34.9 Å². The fourth-order valence-corrected chi connectivity index (χ4v) is 2.98. The van der Waals surface area contributed by atoms with Gasteiger partial charge in [0.1, 0.15) is 0 Å². The van der Waals surface area contributed by atoms with Crippen LogP contribution >= 0.6 is 0 Å². The molecule has 0 radical (unpaired) electrons. The molecule has 22 heavy (non-hydrogen) atoms. The van der Waals surface area contributed by atoms with Gasteiger partial charge in [-0.3, -0.25) is 4.90 Å². The van der Waals surface area contributed by atoms with E-state index in [9.17, 15) is 0 Å². The SMILES string of the molecule is CC1CN(CCCc2nc(-c3ccccc3)no2)CC(C)O1. The Labute approximate surface area is 131 Å². The number of hydrogen-bond acceptors (Lipinski definition) is 5. The molecule has 1 fully saturated rings. The molecule has 3 rings (SSSR count). The third kappa shape index (κ3) is 3.93. The first-order valence-electron chi connectivity index (χ1n) is 7.96. The number of benzene rings is 1. The maximum atomic E-state index is 5.75. The van der Waals surface area contributed by atoms with Gasteiger partial charge in [-0.05, 0) is 26.8 Å². The van der Waals surface area contributed by atoms with Gasteiger partial charge in [0.25, 0.3) is 0 Å². The normalized spacial score (nSPS) is 22.8. The van der Waals surface area contributed by atoms with Crippen molar-refractivity contribution in [3.8, 4) is 11.4 Å². The minimum Gasteiger partial charge on any atom is -0.373 e. The molecule has 0 saturated carbocycles. The first-order chi connectivity index (χ1) is 10.7. The van der Waals surface area contributed by atoms with Crippen molar-refractivity contribution >= 4 is 0 Å². The van der Waals surface area contributed by atoms with Crippen molar-refractivity contribution in [3.63, 3.8) is 0 Å². The van der Waals surface area contributed by atoms with E-state index in [0.29, 0.717) is 23.9 Å². The summed E-state index contributed by atoms with van der Waals surface area (Å²) in [6.45, 7) is 7.31. The molecule has 1 aliphatic heterocycles. The predicted molar refractivity (Wildman–Crippen MR) is 84.5 cm³/mol. The zero-order chi connectivity index (χ0) is 15.4. The lowest BCUT2D eigenvalue weighted by molar-refractivity contribution is -0.0681. The number of aryl methyl sites for hydroxylation is 1. The van der Waals surface area contributed by atoms with E-state index in [1.807, 2.05) is 30.3 Å². The van der Waals surface area contributed by atoms with Crippen molar-refractivity contribution in [2.24, 2.45) is 0 Å². The Morgan fingerprint density at radius 2 is 1.86 bits per heavy atom. The Hall–Kier alpha value is -1.72. The molecule has 1 aromatic carbocycles. The summed E-state index contributed by atoms with van der Waals surface area (Å²) in [5, 5.41) is 4.06. The number of ether oxygens (including phenoxy) is 1. The van der Waals surface area contributed by atoms with E-state index in [4.69, 9.17) is 9.26 Å². The van der Waals surface area contributed by atoms with Crippen LogP contribution in [-0.4, -0.2) is 46.9 Å². The molecule has 118 valence electrons. The van der Waals surface area contributed by atoms with Crippen LogP contribution in [-0.2, 0) is 11.2 Å². The van der Waals surface area contributed by atoms with Gasteiger partial charge < -0.3 is 9.26 Å². The van der Waals surface area contributed by atoms with Crippen LogP contribution in [0, 0.1) is 0 Å². The maximum absolute atomic E-state index is 5.75. The molecule has 0 bridgehead atoms. The Kier molecular flexibility index (Phi) is 4.85. The van der Waals surface area contributed by atoms with Crippen LogP contribution in [0.1, 0.15) is 26.2 Å². The fraction of sp³-hybridized carbons (Fsp3) is 0.529. The Morgan fingerprint density at radius 1 is 1.14 bits per heavy atom. The van der Waals surface area contributed by atoms with E-state index >= 15 is 0 Å². The average molecular weight is 301 g/mol. The number of hydrogen-bond donors (Lipinski definition) is 0. The quantitative estimate of drug-likeness (QED) is 0.850. The molecule has 2 heterocycles. The van der Waals surface area contributed by atoms with E-state index in [0.717, 1.165) is 38.0 Å². The van der Waals surface area contributed by atoms with Gasteiger partial charge in [-0.1, -0.05) is 35.5 Å². The van der Waals surface area contributed by atoms with Crippen LogP contribution in [0.2, 0.25) is 0 Å². The Morgan fingerprint density at radius 3 is 2.59 bits per heavy atom. The molecular formula is C17H23N3O2. The number of nitrogens with zero attached hydrogens (tertiary/aromatic N) is 3. The van der Waals surface area contributed by atoms with Crippen molar-refractivity contribution in [1.82, 2.24) is 15.0 Å². The second-order valence-corrected chi connectivity index (χ2v) is 6.00. The van der Waals surface area contributed by atoms with Gasteiger partial charge in [-0.25, -0.2) is 0 Å². The molecule has 0 spiro atoms. The average Bonchev–Trinajstić information content (AvgIpc) is 2.96. The predicted octanol–water partition coefficient (Wildman–Crippen LogP) is 2.78. The van der Waals surface area contributed by atoms with Crippen molar-refractivity contribution < 1.29 is 9.26 Å². The Bertz CT molecular complexity index is 575. The van der Waals surface area contributed by atoms with Crippen molar-refractivity contribution in [2.45, 2.75) is 38.9 Å². The van der Waals surface area contributed by atoms with Crippen LogP contribution in [0.5, 0.6) is 0 Å². The van der Waals surface area contributed by atoms with Crippen molar-refractivity contribution in [3.05, 3.63) is 36.2 Å². The third-order valence-corrected chi connectivity index (χ3v) is 3.86. The summed E-state index contributed by atoms with van der Waals surface area (Å²) in [5.74, 6) is 1.39. The van der Waals surface area contributed by atoms with Crippen molar-refractivity contribution in [2.75, 3.05) is 19.6 Å². The highest BCUT2D eigenvalue weighted by molar-refractivity contribution is 5.53. The molecule has 0 amide bonds. The van der Waals surface area contributed by atoms with E-state index in [1.165, 1.54) is 0 Å². The molecule has 1 aliphatic rings. The third-order valence-electron chi connectivity index (χ3n) is 3.86. The largest absolute Gasteiger partial charge is 0.373 e. The molecule has 2 unspecified atom stereocenters. The van der Waals surface area contributed by atoms with E-state index in [1.54, 1.807) is 0 Å². The molecule has 2 atom stereocenters. The van der Waals surface area contributed by atoms with Gasteiger partial charge in [0.05, 0.1) is 12.2 Å². The molecule has 0 N–H and O–H groups in total. The summed E-state index contributed by atoms with van der Waals surface area (Å²) < 4.78 is 11.1. The zero-order valence-corrected chi connectivity index (χ0v) is 13.2. The monoisotopic (exact) mass is 301 g/mol. The highest BCUT2D eigenvalue weighted by atomic mass is 16.5. The first-order valence-corrected chi connectivity index (χ1v) is 7.96. The first kappa shape index (κ1) is 15.2. The molecule has 5 nitrogen and oxygen atoms in total.